The van der Waals surface area contributed by atoms with Crippen molar-refractivity contribution in [1.82, 2.24) is 30.5 Å². The maximum Gasteiger partial charge on any atom is 0.224 e. The zero-order valence-corrected chi connectivity index (χ0v) is 15.5. The average Bonchev–Trinajstić information content (AvgIpc) is 3.11. The van der Waals surface area contributed by atoms with Gasteiger partial charge in [-0.05, 0) is 29.8 Å². The van der Waals surface area contributed by atoms with Crippen LogP contribution in [0.2, 0.25) is 0 Å². The number of halogens is 1. The number of fused-ring (bicyclic) bond motifs is 1. The van der Waals surface area contributed by atoms with Gasteiger partial charge in [-0.15, -0.1) is 10.2 Å². The third kappa shape index (κ3) is 5.26. The van der Waals surface area contributed by atoms with E-state index in [1.165, 1.54) is 12.1 Å². The van der Waals surface area contributed by atoms with Crippen LogP contribution in [-0.2, 0) is 17.8 Å². The normalized spacial score (nSPS) is 11.4. The molecule has 3 rings (SSSR count). The third-order valence-electron chi connectivity index (χ3n) is 4.02. The number of hydrogen-bond donors (Lipinski definition) is 3. The number of carbonyl (C=O) groups is 1. The highest BCUT2D eigenvalue weighted by molar-refractivity contribution is 5.80. The molecule has 0 spiro atoms. The molecule has 0 radical (unpaired) electrons. The minimum atomic E-state index is -0.345. The number of rotatable bonds is 7. The fourth-order valence-electron chi connectivity index (χ4n) is 2.67. The Morgan fingerprint density at radius 1 is 1.11 bits per heavy atom. The van der Waals surface area contributed by atoms with Crippen molar-refractivity contribution < 1.29 is 9.18 Å². The van der Waals surface area contributed by atoms with E-state index in [0.717, 1.165) is 11.5 Å². The Morgan fingerprint density at radius 2 is 1.96 bits per heavy atom. The molecule has 1 amide bonds. The zero-order chi connectivity index (χ0) is 19.8. The number of amides is 1. The summed E-state index contributed by atoms with van der Waals surface area (Å²) in [7, 11) is 1.67. The van der Waals surface area contributed by atoms with E-state index in [0.29, 0.717) is 31.2 Å². The number of guanidine groups is 1. The second-order valence-corrected chi connectivity index (χ2v) is 6.05. The molecule has 28 heavy (non-hydrogen) atoms. The lowest BCUT2D eigenvalue weighted by molar-refractivity contribution is -0.120. The number of nitrogens with zero attached hydrogens (tertiary/aromatic N) is 4. The molecule has 0 aliphatic rings. The Balaban J connectivity index is 1.39. The van der Waals surface area contributed by atoms with E-state index < -0.39 is 0 Å². The first-order valence-electron chi connectivity index (χ1n) is 8.90. The highest BCUT2D eigenvalue weighted by Gasteiger charge is 2.06. The molecule has 0 bridgehead atoms. The summed E-state index contributed by atoms with van der Waals surface area (Å²) in [6.07, 6.45) is 2.04. The number of aliphatic imine (C=N–C) groups is 1. The van der Waals surface area contributed by atoms with Gasteiger partial charge in [-0.25, -0.2) is 4.39 Å². The van der Waals surface area contributed by atoms with Gasteiger partial charge >= 0.3 is 0 Å². The van der Waals surface area contributed by atoms with Crippen molar-refractivity contribution >= 4 is 17.5 Å². The fourth-order valence-corrected chi connectivity index (χ4v) is 2.67. The molecule has 2 heterocycles. The Hall–Kier alpha value is -3.49. The molecule has 0 saturated carbocycles. The minimum Gasteiger partial charge on any atom is -0.355 e. The van der Waals surface area contributed by atoms with Gasteiger partial charge in [0, 0.05) is 26.3 Å². The molecule has 0 fully saturated rings. The summed E-state index contributed by atoms with van der Waals surface area (Å²) in [6.45, 7) is 1.37. The van der Waals surface area contributed by atoms with Gasteiger partial charge in [0.2, 0.25) is 5.91 Å². The first kappa shape index (κ1) is 19.3. The molecule has 2 aromatic heterocycles. The maximum absolute atomic E-state index is 13.1. The van der Waals surface area contributed by atoms with Crippen molar-refractivity contribution in [1.29, 1.82) is 0 Å². The van der Waals surface area contributed by atoms with Crippen LogP contribution in [0.3, 0.4) is 0 Å². The van der Waals surface area contributed by atoms with Crippen molar-refractivity contribution in [2.45, 2.75) is 13.0 Å². The highest BCUT2D eigenvalue weighted by Crippen LogP contribution is 2.04. The first-order valence-corrected chi connectivity index (χ1v) is 8.90. The summed E-state index contributed by atoms with van der Waals surface area (Å²) in [5.74, 6) is 0.849. The van der Waals surface area contributed by atoms with E-state index in [-0.39, 0.29) is 18.1 Å². The molecule has 3 N–H and O–H groups in total. The molecular formula is C19H22FN7O. The molecule has 146 valence electrons. The Morgan fingerprint density at radius 3 is 2.79 bits per heavy atom. The predicted octanol–water partition coefficient (Wildman–Crippen LogP) is 0.892. The second kappa shape index (κ2) is 9.45. The van der Waals surface area contributed by atoms with Crippen molar-refractivity contribution in [2.24, 2.45) is 4.99 Å². The van der Waals surface area contributed by atoms with Gasteiger partial charge in [0.15, 0.2) is 17.4 Å². The van der Waals surface area contributed by atoms with Crippen LogP contribution in [0.25, 0.3) is 5.65 Å². The molecule has 3 aromatic rings. The largest absolute Gasteiger partial charge is 0.355 e. The lowest BCUT2D eigenvalue weighted by Crippen LogP contribution is -2.41. The lowest BCUT2D eigenvalue weighted by atomic mass is 10.1. The highest BCUT2D eigenvalue weighted by atomic mass is 19.1. The van der Waals surface area contributed by atoms with Crippen LogP contribution in [0.4, 0.5) is 4.39 Å². The smallest absolute Gasteiger partial charge is 0.224 e. The van der Waals surface area contributed by atoms with E-state index in [2.05, 4.69) is 31.1 Å². The summed E-state index contributed by atoms with van der Waals surface area (Å²) in [5, 5.41) is 17.3. The van der Waals surface area contributed by atoms with E-state index in [4.69, 9.17) is 0 Å². The molecule has 0 saturated heterocycles. The Bertz CT molecular complexity index is 970. The SMILES string of the molecule is CN=C(NCCNC(=O)Cc1cccc(F)c1)NCc1nnc2ccccn12. The van der Waals surface area contributed by atoms with E-state index in [9.17, 15) is 9.18 Å². The quantitative estimate of drug-likeness (QED) is 0.320. The van der Waals surface area contributed by atoms with Crippen LogP contribution in [0, 0.1) is 5.82 Å². The van der Waals surface area contributed by atoms with Crippen molar-refractivity contribution in [3.8, 4) is 0 Å². The molecule has 0 aliphatic heterocycles. The van der Waals surface area contributed by atoms with Crippen LogP contribution in [0.15, 0.2) is 53.7 Å². The summed E-state index contributed by atoms with van der Waals surface area (Å²) in [6, 6.07) is 11.7. The number of nitrogens with one attached hydrogen (secondary N) is 3. The van der Waals surface area contributed by atoms with Gasteiger partial charge < -0.3 is 16.0 Å². The lowest BCUT2D eigenvalue weighted by Gasteiger charge is -2.12. The molecular weight excluding hydrogens is 361 g/mol. The standard InChI is InChI=1S/C19H22FN7O/c1-21-19(24-13-17-26-25-16-7-2-3-10-27(16)17)23-9-8-22-18(28)12-14-5-4-6-15(20)11-14/h2-7,10-11H,8-9,12-13H2,1H3,(H,22,28)(H2,21,23,24). The van der Waals surface area contributed by atoms with Crippen molar-refractivity contribution in [3.05, 3.63) is 65.9 Å². The summed E-state index contributed by atoms with van der Waals surface area (Å²) >= 11 is 0. The number of benzene rings is 1. The molecule has 9 heteroatoms. The van der Waals surface area contributed by atoms with Crippen molar-refractivity contribution in [3.63, 3.8) is 0 Å². The molecule has 8 nitrogen and oxygen atoms in total. The maximum atomic E-state index is 13.1. The zero-order valence-electron chi connectivity index (χ0n) is 15.5. The van der Waals surface area contributed by atoms with E-state index in [1.54, 1.807) is 19.2 Å². The van der Waals surface area contributed by atoms with Crippen molar-refractivity contribution in [2.75, 3.05) is 20.1 Å². The van der Waals surface area contributed by atoms with Crippen LogP contribution in [0.1, 0.15) is 11.4 Å². The van der Waals surface area contributed by atoms with Gasteiger partial charge in [-0.3, -0.25) is 14.2 Å². The topological polar surface area (TPSA) is 95.7 Å². The Labute approximate surface area is 161 Å². The monoisotopic (exact) mass is 383 g/mol. The third-order valence-corrected chi connectivity index (χ3v) is 4.02. The average molecular weight is 383 g/mol. The van der Waals surface area contributed by atoms with Gasteiger partial charge in [-0.2, -0.15) is 0 Å². The summed E-state index contributed by atoms with van der Waals surface area (Å²) in [4.78, 5) is 16.1. The first-order chi connectivity index (χ1) is 13.7. The fraction of sp³-hybridized carbons (Fsp3) is 0.263. The van der Waals surface area contributed by atoms with Crippen LogP contribution >= 0.6 is 0 Å². The predicted molar refractivity (Wildman–Crippen MR) is 104 cm³/mol. The summed E-state index contributed by atoms with van der Waals surface area (Å²) < 4.78 is 15.0. The van der Waals surface area contributed by atoms with Crippen LogP contribution < -0.4 is 16.0 Å². The van der Waals surface area contributed by atoms with Gasteiger partial charge in [0.1, 0.15) is 5.82 Å². The van der Waals surface area contributed by atoms with Crippen LogP contribution in [-0.4, -0.2) is 46.6 Å². The second-order valence-electron chi connectivity index (χ2n) is 6.05. The van der Waals surface area contributed by atoms with Gasteiger partial charge in [0.25, 0.3) is 0 Å². The van der Waals surface area contributed by atoms with Gasteiger partial charge in [0.05, 0.1) is 13.0 Å². The molecule has 0 aliphatic carbocycles. The van der Waals surface area contributed by atoms with E-state index >= 15 is 0 Å². The Kier molecular flexibility index (Phi) is 6.50. The summed E-state index contributed by atoms with van der Waals surface area (Å²) in [5.41, 5.74) is 1.42. The molecule has 0 unspecified atom stereocenters. The van der Waals surface area contributed by atoms with E-state index in [1.807, 2.05) is 28.8 Å². The number of hydrogen-bond acceptors (Lipinski definition) is 4. The number of aromatic nitrogens is 3. The number of carbonyl (C=O) groups excluding carboxylic acids is 1. The van der Waals surface area contributed by atoms with Crippen LogP contribution in [0.5, 0.6) is 0 Å². The molecule has 0 atom stereocenters. The molecule has 1 aromatic carbocycles. The minimum absolute atomic E-state index is 0.144. The number of pyridine rings is 1. The van der Waals surface area contributed by atoms with Gasteiger partial charge in [-0.1, -0.05) is 18.2 Å².